The average Bonchev–Trinajstić information content (AvgIpc) is 3.26. The number of hydrogen-bond acceptors (Lipinski definition) is 4. The second-order valence-corrected chi connectivity index (χ2v) is 8.26. The zero-order chi connectivity index (χ0) is 17.9. The van der Waals surface area contributed by atoms with Gasteiger partial charge in [-0.25, -0.2) is 0 Å². The molecule has 0 spiro atoms. The number of piperidine rings is 1. The van der Waals surface area contributed by atoms with Crippen molar-refractivity contribution in [1.29, 1.82) is 0 Å². The third kappa shape index (κ3) is 5.46. The number of nitrogens with zero attached hydrogens (tertiary/aromatic N) is 1. The van der Waals surface area contributed by atoms with Crippen LogP contribution in [0.5, 0.6) is 5.75 Å². The number of carbonyl (C=O) groups excluding carboxylic acids is 1. The summed E-state index contributed by atoms with van der Waals surface area (Å²) in [6.45, 7) is 2.80. The van der Waals surface area contributed by atoms with E-state index in [-0.39, 0.29) is 30.7 Å². The zero-order valence-corrected chi connectivity index (χ0v) is 18.2. The van der Waals surface area contributed by atoms with Crippen molar-refractivity contribution in [3.05, 3.63) is 24.3 Å². The van der Waals surface area contributed by atoms with Crippen LogP contribution in [-0.2, 0) is 4.79 Å². The number of ether oxygens (including phenoxy) is 1. The van der Waals surface area contributed by atoms with Crippen LogP contribution < -0.4 is 20.3 Å². The molecular weight excluding hydrogens is 397 g/mol. The number of anilines is 1. The number of amides is 1. The Kier molecular flexibility index (Phi) is 8.72. The zero-order valence-electron chi connectivity index (χ0n) is 16.6. The number of nitrogens with one attached hydrogen (secondary N) is 2. The van der Waals surface area contributed by atoms with Crippen molar-refractivity contribution in [3.8, 4) is 5.75 Å². The van der Waals surface area contributed by atoms with Gasteiger partial charge in [0.15, 0.2) is 0 Å². The maximum absolute atomic E-state index is 12.4. The van der Waals surface area contributed by atoms with Crippen molar-refractivity contribution in [2.45, 2.75) is 50.6 Å². The molecule has 4 rings (SSSR count). The van der Waals surface area contributed by atoms with Crippen LogP contribution in [0.2, 0.25) is 0 Å². The molecule has 3 unspecified atom stereocenters. The molecule has 1 aromatic carbocycles. The summed E-state index contributed by atoms with van der Waals surface area (Å²) in [5, 5.41) is 6.86. The van der Waals surface area contributed by atoms with E-state index in [2.05, 4.69) is 27.7 Å². The number of para-hydroxylation sites is 2. The van der Waals surface area contributed by atoms with Gasteiger partial charge in [-0.05, 0) is 56.1 Å². The van der Waals surface area contributed by atoms with Gasteiger partial charge < -0.3 is 20.3 Å². The van der Waals surface area contributed by atoms with E-state index >= 15 is 0 Å². The summed E-state index contributed by atoms with van der Waals surface area (Å²) in [5.74, 6) is 2.26. The Bertz CT molecular complexity index is 634. The Labute approximate surface area is 180 Å². The van der Waals surface area contributed by atoms with E-state index in [9.17, 15) is 4.79 Å². The van der Waals surface area contributed by atoms with Crippen molar-refractivity contribution < 1.29 is 9.53 Å². The molecule has 2 N–H and O–H groups in total. The van der Waals surface area contributed by atoms with Gasteiger partial charge in [0.25, 0.3) is 0 Å². The van der Waals surface area contributed by atoms with E-state index in [0.717, 1.165) is 37.5 Å². The van der Waals surface area contributed by atoms with Crippen molar-refractivity contribution in [1.82, 2.24) is 10.6 Å². The topological polar surface area (TPSA) is 53.6 Å². The van der Waals surface area contributed by atoms with Gasteiger partial charge in [0.1, 0.15) is 5.75 Å². The second kappa shape index (κ2) is 10.6. The summed E-state index contributed by atoms with van der Waals surface area (Å²) in [6, 6.07) is 9.51. The summed E-state index contributed by atoms with van der Waals surface area (Å²) >= 11 is 0. The summed E-state index contributed by atoms with van der Waals surface area (Å²) in [6.07, 6.45) is 6.77. The maximum Gasteiger partial charge on any atom is 0.220 e. The molecule has 3 aliphatic rings. The van der Waals surface area contributed by atoms with Gasteiger partial charge in [0, 0.05) is 38.1 Å². The number of benzene rings is 1. The Morgan fingerprint density at radius 1 is 1.14 bits per heavy atom. The second-order valence-electron chi connectivity index (χ2n) is 8.26. The van der Waals surface area contributed by atoms with Crippen LogP contribution in [0.25, 0.3) is 0 Å². The van der Waals surface area contributed by atoms with E-state index in [1.165, 1.54) is 25.7 Å². The average molecular weight is 430 g/mol. The largest absolute Gasteiger partial charge is 0.495 e. The van der Waals surface area contributed by atoms with Crippen molar-refractivity contribution in [3.63, 3.8) is 0 Å². The summed E-state index contributed by atoms with van der Waals surface area (Å²) in [5.41, 5.74) is 1.16. The van der Waals surface area contributed by atoms with E-state index in [1.54, 1.807) is 7.11 Å². The number of halogens is 2. The molecule has 3 heterocycles. The molecule has 0 saturated carbocycles. The molecule has 3 atom stereocenters. The van der Waals surface area contributed by atoms with Gasteiger partial charge >= 0.3 is 0 Å². The lowest BCUT2D eigenvalue weighted by Gasteiger charge is -2.28. The molecule has 158 valence electrons. The molecule has 3 aliphatic heterocycles. The van der Waals surface area contributed by atoms with E-state index in [4.69, 9.17) is 4.74 Å². The molecule has 3 saturated heterocycles. The van der Waals surface area contributed by atoms with Crippen LogP contribution in [0.15, 0.2) is 24.3 Å². The van der Waals surface area contributed by atoms with Crippen molar-refractivity contribution in [2.24, 2.45) is 11.8 Å². The van der Waals surface area contributed by atoms with Crippen LogP contribution >= 0.6 is 24.8 Å². The first kappa shape index (κ1) is 23.1. The van der Waals surface area contributed by atoms with E-state index in [0.29, 0.717) is 30.3 Å². The molecule has 1 aromatic rings. The third-order valence-corrected chi connectivity index (χ3v) is 6.34. The molecule has 3 fully saturated rings. The fourth-order valence-corrected chi connectivity index (χ4v) is 5.04. The predicted octanol–water partition coefficient (Wildman–Crippen LogP) is 3.40. The van der Waals surface area contributed by atoms with Crippen molar-refractivity contribution >= 4 is 36.4 Å². The predicted molar refractivity (Wildman–Crippen MR) is 118 cm³/mol. The SMILES string of the molecule is COc1ccccc1N1CCC(CNC(=O)CC2CC3CCC(C2)N3)C1.Cl.Cl. The summed E-state index contributed by atoms with van der Waals surface area (Å²) in [7, 11) is 1.72. The molecule has 0 aromatic heterocycles. The molecule has 0 radical (unpaired) electrons. The van der Waals surface area contributed by atoms with Gasteiger partial charge in [-0.1, -0.05) is 12.1 Å². The Balaban J connectivity index is 0.00000140. The van der Waals surface area contributed by atoms with E-state index in [1.807, 2.05) is 12.1 Å². The standard InChI is InChI=1S/C21H31N3O2.2ClH/c1-26-20-5-3-2-4-19(20)24-9-8-15(14-24)13-22-21(25)12-16-10-17-6-7-18(11-16)23-17;;/h2-5,15-18,23H,6-14H2,1H3,(H,22,25);2*1H. The fraction of sp³-hybridized carbons (Fsp3) is 0.667. The fourth-order valence-electron chi connectivity index (χ4n) is 5.04. The van der Waals surface area contributed by atoms with Gasteiger partial charge in [-0.2, -0.15) is 0 Å². The lowest BCUT2D eigenvalue weighted by Crippen LogP contribution is -2.40. The van der Waals surface area contributed by atoms with Crippen LogP contribution in [0.4, 0.5) is 5.69 Å². The molecule has 2 bridgehead atoms. The number of hydrogen-bond donors (Lipinski definition) is 2. The van der Waals surface area contributed by atoms with Gasteiger partial charge in [0.2, 0.25) is 5.91 Å². The van der Waals surface area contributed by atoms with Crippen molar-refractivity contribution in [2.75, 3.05) is 31.6 Å². The van der Waals surface area contributed by atoms with Gasteiger partial charge in [-0.3, -0.25) is 4.79 Å². The minimum Gasteiger partial charge on any atom is -0.495 e. The number of methoxy groups -OCH3 is 1. The maximum atomic E-state index is 12.4. The van der Waals surface area contributed by atoms with Crippen LogP contribution in [0.3, 0.4) is 0 Å². The lowest BCUT2D eigenvalue weighted by molar-refractivity contribution is -0.122. The first-order valence-corrected chi connectivity index (χ1v) is 10.1. The molecular formula is C21H33Cl2N3O2. The summed E-state index contributed by atoms with van der Waals surface area (Å²) in [4.78, 5) is 14.8. The monoisotopic (exact) mass is 429 g/mol. The van der Waals surface area contributed by atoms with Crippen LogP contribution in [-0.4, -0.2) is 44.7 Å². The van der Waals surface area contributed by atoms with Gasteiger partial charge in [-0.15, -0.1) is 24.8 Å². The highest BCUT2D eigenvalue weighted by Gasteiger charge is 2.34. The Morgan fingerprint density at radius 2 is 1.86 bits per heavy atom. The Morgan fingerprint density at radius 3 is 2.57 bits per heavy atom. The smallest absolute Gasteiger partial charge is 0.220 e. The first-order valence-electron chi connectivity index (χ1n) is 10.1. The molecule has 7 heteroatoms. The summed E-state index contributed by atoms with van der Waals surface area (Å²) < 4.78 is 5.48. The quantitative estimate of drug-likeness (QED) is 0.727. The van der Waals surface area contributed by atoms with Crippen LogP contribution in [0.1, 0.15) is 38.5 Å². The molecule has 28 heavy (non-hydrogen) atoms. The minimum absolute atomic E-state index is 0. The highest BCUT2D eigenvalue weighted by atomic mass is 35.5. The normalized spacial score (nSPS) is 28.2. The number of fused-ring (bicyclic) bond motifs is 2. The highest BCUT2D eigenvalue weighted by molar-refractivity contribution is 5.85. The highest BCUT2D eigenvalue weighted by Crippen LogP contribution is 2.33. The molecule has 5 nitrogen and oxygen atoms in total. The number of carbonyl (C=O) groups is 1. The third-order valence-electron chi connectivity index (χ3n) is 6.34. The van der Waals surface area contributed by atoms with E-state index < -0.39 is 0 Å². The number of rotatable bonds is 6. The minimum atomic E-state index is 0. The lowest BCUT2D eigenvalue weighted by atomic mass is 9.89. The molecule has 0 aliphatic carbocycles. The van der Waals surface area contributed by atoms with Gasteiger partial charge in [0.05, 0.1) is 12.8 Å². The molecule has 1 amide bonds. The Hall–Kier alpha value is -1.17. The van der Waals surface area contributed by atoms with Crippen LogP contribution in [0, 0.1) is 11.8 Å². The first-order chi connectivity index (χ1) is 12.7.